The fraction of sp³-hybridized carbons (Fsp3) is 0.556. The molecular weight excluding hydrogens is 168 g/mol. The third kappa shape index (κ3) is 2.89. The quantitative estimate of drug-likeness (QED) is 0.652. The molecule has 0 unspecified atom stereocenters. The lowest BCUT2D eigenvalue weighted by Crippen LogP contribution is -2.17. The van der Waals surface area contributed by atoms with Crippen molar-refractivity contribution in [3.63, 3.8) is 0 Å². The summed E-state index contributed by atoms with van der Waals surface area (Å²) in [5, 5.41) is 0. The normalized spacial score (nSPS) is 10.5. The zero-order valence-electron chi connectivity index (χ0n) is 8.07. The van der Waals surface area contributed by atoms with Crippen LogP contribution in [-0.2, 0) is 16.1 Å². The lowest BCUT2D eigenvalue weighted by molar-refractivity contribution is -0.148. The van der Waals surface area contributed by atoms with E-state index in [2.05, 4.69) is 11.2 Å². The van der Waals surface area contributed by atoms with Gasteiger partial charge in [-0.2, -0.15) is 0 Å². The molecule has 4 heteroatoms. The second-order valence-corrected chi connectivity index (χ2v) is 3.08. The van der Waals surface area contributed by atoms with Gasteiger partial charge in [-0.25, -0.2) is 4.98 Å². The van der Waals surface area contributed by atoms with E-state index in [-0.39, 0.29) is 18.6 Å². The zero-order valence-corrected chi connectivity index (χ0v) is 8.07. The first kappa shape index (κ1) is 9.77. The Balaban J connectivity index is 2.50. The first-order chi connectivity index (χ1) is 6.09. The molecule has 1 aromatic rings. The Kier molecular flexibility index (Phi) is 3.06. The lowest BCUT2D eigenvalue weighted by Gasteiger charge is -2.08. The maximum Gasteiger partial charge on any atom is 0.326 e. The Bertz CT molecular complexity index is 292. The number of ether oxygens (including phenoxy) is 1. The van der Waals surface area contributed by atoms with Gasteiger partial charge in [-0.05, 0) is 20.8 Å². The number of rotatable bonds is 3. The molecule has 1 radical (unpaired) electrons. The van der Waals surface area contributed by atoms with Crippen LogP contribution in [0.1, 0.15) is 19.7 Å². The van der Waals surface area contributed by atoms with E-state index in [0.29, 0.717) is 0 Å². The standard InChI is InChI=1S/C9H13N2O2/c1-7(2)13-9(12)6-11-5-4-10-8(11)3/h5,7H,6H2,1-3H3. The molecule has 0 spiro atoms. The van der Waals surface area contributed by atoms with Crippen molar-refractivity contribution in [3.8, 4) is 0 Å². The molecule has 0 aliphatic rings. The molecule has 1 aromatic heterocycles. The topological polar surface area (TPSA) is 44.1 Å². The van der Waals surface area contributed by atoms with Gasteiger partial charge in [0.1, 0.15) is 18.6 Å². The molecule has 1 heterocycles. The summed E-state index contributed by atoms with van der Waals surface area (Å²) in [7, 11) is 0. The highest BCUT2D eigenvalue weighted by Crippen LogP contribution is 1.97. The first-order valence-corrected chi connectivity index (χ1v) is 4.19. The summed E-state index contributed by atoms with van der Waals surface area (Å²) in [5.41, 5.74) is 0. The second-order valence-electron chi connectivity index (χ2n) is 3.08. The van der Waals surface area contributed by atoms with E-state index in [9.17, 15) is 4.79 Å². The van der Waals surface area contributed by atoms with E-state index in [1.807, 2.05) is 20.8 Å². The molecule has 0 saturated heterocycles. The largest absolute Gasteiger partial charge is 0.462 e. The van der Waals surface area contributed by atoms with Crippen molar-refractivity contribution in [2.45, 2.75) is 33.4 Å². The highest BCUT2D eigenvalue weighted by molar-refractivity contribution is 5.69. The zero-order chi connectivity index (χ0) is 9.84. The van der Waals surface area contributed by atoms with Crippen LogP contribution in [0, 0.1) is 13.1 Å². The number of hydrogen-bond donors (Lipinski definition) is 0. The number of nitrogens with zero attached hydrogens (tertiary/aromatic N) is 2. The van der Waals surface area contributed by atoms with Crippen LogP contribution in [-0.4, -0.2) is 21.6 Å². The van der Waals surface area contributed by atoms with Crippen LogP contribution in [0.2, 0.25) is 0 Å². The van der Waals surface area contributed by atoms with Crippen LogP contribution in [0.3, 0.4) is 0 Å². The van der Waals surface area contributed by atoms with E-state index in [1.54, 1.807) is 10.8 Å². The average molecular weight is 181 g/mol. The van der Waals surface area contributed by atoms with Crippen LogP contribution in [0.25, 0.3) is 0 Å². The minimum Gasteiger partial charge on any atom is -0.462 e. The van der Waals surface area contributed by atoms with E-state index in [1.165, 1.54) is 0 Å². The summed E-state index contributed by atoms with van der Waals surface area (Å²) in [6, 6.07) is 0. The number of esters is 1. The number of carbonyl (C=O) groups is 1. The molecule has 0 amide bonds. The van der Waals surface area contributed by atoms with E-state index in [4.69, 9.17) is 4.74 Å². The van der Waals surface area contributed by atoms with Crippen LogP contribution in [0.4, 0.5) is 0 Å². The van der Waals surface area contributed by atoms with Gasteiger partial charge in [0.2, 0.25) is 0 Å². The molecule has 4 nitrogen and oxygen atoms in total. The number of hydrogen-bond acceptors (Lipinski definition) is 3. The Morgan fingerprint density at radius 1 is 1.77 bits per heavy atom. The van der Waals surface area contributed by atoms with Crippen molar-refractivity contribution < 1.29 is 9.53 Å². The predicted molar refractivity (Wildman–Crippen MR) is 47.0 cm³/mol. The monoisotopic (exact) mass is 181 g/mol. The van der Waals surface area contributed by atoms with Crippen molar-refractivity contribution in [2.24, 2.45) is 0 Å². The van der Waals surface area contributed by atoms with E-state index < -0.39 is 0 Å². The van der Waals surface area contributed by atoms with Crippen molar-refractivity contribution in [2.75, 3.05) is 0 Å². The van der Waals surface area contributed by atoms with Crippen LogP contribution in [0.5, 0.6) is 0 Å². The third-order valence-electron chi connectivity index (χ3n) is 1.52. The Labute approximate surface area is 77.5 Å². The van der Waals surface area contributed by atoms with Crippen molar-refractivity contribution >= 4 is 5.97 Å². The highest BCUT2D eigenvalue weighted by atomic mass is 16.5. The number of aryl methyl sites for hydroxylation is 1. The Morgan fingerprint density at radius 2 is 2.46 bits per heavy atom. The van der Waals surface area contributed by atoms with Gasteiger partial charge < -0.3 is 9.30 Å². The third-order valence-corrected chi connectivity index (χ3v) is 1.52. The van der Waals surface area contributed by atoms with Gasteiger partial charge in [0.25, 0.3) is 0 Å². The fourth-order valence-electron chi connectivity index (χ4n) is 0.949. The Morgan fingerprint density at radius 3 is 2.92 bits per heavy atom. The van der Waals surface area contributed by atoms with E-state index in [0.717, 1.165) is 5.82 Å². The van der Waals surface area contributed by atoms with Crippen LogP contribution in [0.15, 0.2) is 6.20 Å². The predicted octanol–water partition coefficient (Wildman–Crippen LogP) is 0.943. The van der Waals surface area contributed by atoms with Crippen LogP contribution >= 0.6 is 0 Å². The number of carbonyl (C=O) groups excluding carboxylic acids is 1. The van der Waals surface area contributed by atoms with Crippen LogP contribution < -0.4 is 0 Å². The SMILES string of the molecule is Cc1n[c]cn1CC(=O)OC(C)C. The van der Waals surface area contributed by atoms with Gasteiger partial charge in [-0.15, -0.1) is 0 Å². The van der Waals surface area contributed by atoms with Gasteiger partial charge in [0.15, 0.2) is 0 Å². The highest BCUT2D eigenvalue weighted by Gasteiger charge is 2.07. The molecule has 1 rings (SSSR count). The maximum atomic E-state index is 11.2. The summed E-state index contributed by atoms with van der Waals surface area (Å²) >= 11 is 0. The van der Waals surface area contributed by atoms with Gasteiger partial charge in [0.05, 0.1) is 6.10 Å². The molecule has 0 N–H and O–H groups in total. The second kappa shape index (κ2) is 4.07. The molecule has 13 heavy (non-hydrogen) atoms. The molecule has 0 bridgehead atoms. The number of imidazole rings is 1. The minimum absolute atomic E-state index is 0.0692. The maximum absolute atomic E-state index is 11.2. The molecule has 0 atom stereocenters. The molecular formula is C9H13N2O2. The summed E-state index contributed by atoms with van der Waals surface area (Å²) in [4.78, 5) is 15.1. The number of aromatic nitrogens is 2. The molecule has 0 fully saturated rings. The molecule has 0 saturated carbocycles. The molecule has 0 aromatic carbocycles. The van der Waals surface area contributed by atoms with Crippen molar-refractivity contribution in [3.05, 3.63) is 18.2 Å². The van der Waals surface area contributed by atoms with Gasteiger partial charge in [0, 0.05) is 6.20 Å². The Hall–Kier alpha value is -1.32. The van der Waals surface area contributed by atoms with Crippen molar-refractivity contribution in [1.82, 2.24) is 9.55 Å². The van der Waals surface area contributed by atoms with Gasteiger partial charge >= 0.3 is 5.97 Å². The summed E-state index contributed by atoms with van der Waals surface area (Å²) in [6.07, 6.45) is 4.23. The molecule has 0 aliphatic carbocycles. The van der Waals surface area contributed by atoms with E-state index >= 15 is 0 Å². The lowest BCUT2D eigenvalue weighted by atomic mass is 10.5. The van der Waals surface area contributed by atoms with Gasteiger partial charge in [-0.3, -0.25) is 4.79 Å². The smallest absolute Gasteiger partial charge is 0.326 e. The summed E-state index contributed by atoms with van der Waals surface area (Å²) in [6.45, 7) is 5.68. The fourth-order valence-corrected chi connectivity index (χ4v) is 0.949. The summed E-state index contributed by atoms with van der Waals surface area (Å²) < 4.78 is 6.68. The molecule has 71 valence electrons. The van der Waals surface area contributed by atoms with Gasteiger partial charge in [-0.1, -0.05) is 0 Å². The summed E-state index contributed by atoms with van der Waals surface area (Å²) in [5.74, 6) is 0.519. The first-order valence-electron chi connectivity index (χ1n) is 4.19. The minimum atomic E-state index is -0.246. The molecule has 0 aliphatic heterocycles. The van der Waals surface area contributed by atoms with Crippen molar-refractivity contribution in [1.29, 1.82) is 0 Å². The average Bonchev–Trinajstić information content (AvgIpc) is 2.34.